The lowest BCUT2D eigenvalue weighted by molar-refractivity contribution is 0.103. The van der Waals surface area contributed by atoms with Gasteiger partial charge in [0.25, 0.3) is 11.5 Å². The normalized spacial score (nSPS) is 11.4. The van der Waals surface area contributed by atoms with Crippen molar-refractivity contribution in [2.45, 2.75) is 6.92 Å². The molecule has 0 aliphatic carbocycles. The molecule has 7 nitrogen and oxygen atoms in total. The number of aryl methyl sites for hydroxylation is 2. The number of nitrogens with zero attached hydrogens (tertiary/aromatic N) is 3. The van der Waals surface area contributed by atoms with Gasteiger partial charge in [0.2, 0.25) is 0 Å². The Hall–Kier alpha value is -3.92. The highest BCUT2D eigenvalue weighted by atomic mass is 32.1. The molecule has 0 bridgehead atoms. The quantitative estimate of drug-likeness (QED) is 0.426. The van der Waals surface area contributed by atoms with Gasteiger partial charge in [-0.3, -0.25) is 9.59 Å². The molecule has 5 rings (SSSR count). The fourth-order valence-electron chi connectivity index (χ4n) is 3.51. The molecule has 0 aliphatic heterocycles. The van der Waals surface area contributed by atoms with Crippen LogP contribution in [0, 0.1) is 18.6 Å². The molecule has 0 spiro atoms. The van der Waals surface area contributed by atoms with Crippen molar-refractivity contribution < 1.29 is 13.6 Å². The number of hydrogen-bond donors (Lipinski definition) is 2. The maximum Gasteiger partial charge on any atom is 0.266 e. The van der Waals surface area contributed by atoms with Crippen LogP contribution in [0.25, 0.3) is 32.6 Å². The predicted octanol–water partition coefficient (Wildman–Crippen LogP) is 4.38. The largest absolute Gasteiger partial charge is 0.338 e. The molecule has 160 valence electrons. The molecule has 0 radical (unpaired) electrons. The van der Waals surface area contributed by atoms with Crippen molar-refractivity contribution in [1.29, 1.82) is 0 Å². The van der Waals surface area contributed by atoms with Crippen molar-refractivity contribution in [3.8, 4) is 11.4 Å². The standard InChI is InChI=1S/C22H15F2N5O2S/c1-10-17-21(25-9-29(2)22(17)31)32-18(10)20(30)26-12-4-6-15-16(8-12)28-19(27-15)13-7-11(23)3-5-14(13)24/h3-9H,1-2H3,(H,26,30)(H,27,28). The zero-order valence-corrected chi connectivity index (χ0v) is 17.7. The van der Waals surface area contributed by atoms with Crippen molar-refractivity contribution in [2.24, 2.45) is 7.05 Å². The first-order valence-electron chi connectivity index (χ1n) is 9.53. The molecule has 0 saturated carbocycles. The molecule has 2 aromatic carbocycles. The summed E-state index contributed by atoms with van der Waals surface area (Å²) in [6, 6.07) is 8.12. The van der Waals surface area contributed by atoms with Crippen molar-refractivity contribution in [1.82, 2.24) is 19.5 Å². The SMILES string of the molecule is Cc1c(C(=O)Nc2ccc3nc(-c4cc(F)ccc4F)[nH]c3c2)sc2ncn(C)c(=O)c12. The molecule has 0 saturated heterocycles. The van der Waals surface area contributed by atoms with Crippen LogP contribution < -0.4 is 10.9 Å². The summed E-state index contributed by atoms with van der Waals surface area (Å²) in [5.74, 6) is -1.36. The Kier molecular flexibility index (Phi) is 4.59. The Labute approximate surface area is 183 Å². The summed E-state index contributed by atoms with van der Waals surface area (Å²) in [7, 11) is 1.61. The smallest absolute Gasteiger partial charge is 0.266 e. The third-order valence-corrected chi connectivity index (χ3v) is 6.34. The van der Waals surface area contributed by atoms with Gasteiger partial charge < -0.3 is 14.9 Å². The molecule has 1 amide bonds. The maximum absolute atomic E-state index is 14.1. The first-order chi connectivity index (χ1) is 15.3. The summed E-state index contributed by atoms with van der Waals surface area (Å²) in [5.41, 5.74) is 1.94. The van der Waals surface area contributed by atoms with Crippen LogP contribution in [0.2, 0.25) is 0 Å². The number of nitrogens with one attached hydrogen (secondary N) is 2. The summed E-state index contributed by atoms with van der Waals surface area (Å²) in [4.78, 5) is 37.7. The molecule has 2 N–H and O–H groups in total. The molecule has 3 heterocycles. The van der Waals surface area contributed by atoms with Crippen LogP contribution in [0.4, 0.5) is 14.5 Å². The van der Waals surface area contributed by atoms with Gasteiger partial charge in [0.1, 0.15) is 22.3 Å². The molecule has 0 atom stereocenters. The molecule has 0 aliphatic rings. The Morgan fingerprint density at radius 3 is 2.81 bits per heavy atom. The minimum atomic E-state index is -0.598. The van der Waals surface area contributed by atoms with Gasteiger partial charge in [-0.25, -0.2) is 18.7 Å². The van der Waals surface area contributed by atoms with Crippen LogP contribution in [0.5, 0.6) is 0 Å². The summed E-state index contributed by atoms with van der Waals surface area (Å²) in [5, 5.41) is 3.24. The number of carbonyl (C=O) groups excluding carboxylic acids is 1. The lowest BCUT2D eigenvalue weighted by Gasteiger charge is -2.04. The number of halogens is 2. The zero-order valence-electron chi connectivity index (χ0n) is 16.9. The van der Waals surface area contributed by atoms with Crippen molar-refractivity contribution >= 4 is 44.2 Å². The minimum Gasteiger partial charge on any atom is -0.338 e. The van der Waals surface area contributed by atoms with E-state index in [2.05, 4.69) is 20.3 Å². The highest BCUT2D eigenvalue weighted by Crippen LogP contribution is 2.29. The van der Waals surface area contributed by atoms with Gasteiger partial charge in [-0.2, -0.15) is 0 Å². The van der Waals surface area contributed by atoms with Gasteiger partial charge in [0, 0.05) is 12.7 Å². The third-order valence-electron chi connectivity index (χ3n) is 5.14. The summed E-state index contributed by atoms with van der Waals surface area (Å²) in [6.07, 6.45) is 1.42. The molecular weight excluding hydrogens is 436 g/mol. The van der Waals surface area contributed by atoms with Crippen LogP contribution in [0.3, 0.4) is 0 Å². The van der Waals surface area contributed by atoms with E-state index >= 15 is 0 Å². The van der Waals surface area contributed by atoms with Gasteiger partial charge in [0.15, 0.2) is 0 Å². The molecular formula is C22H15F2N5O2S. The number of rotatable bonds is 3. The number of imidazole rings is 1. The van der Waals surface area contributed by atoms with E-state index in [1.165, 1.54) is 10.9 Å². The number of benzene rings is 2. The Morgan fingerprint density at radius 2 is 2.00 bits per heavy atom. The second-order valence-corrected chi connectivity index (χ2v) is 8.29. The van der Waals surface area contributed by atoms with Crippen molar-refractivity contribution in [3.05, 3.63) is 75.2 Å². The Bertz CT molecular complexity index is 1600. The number of H-pyrrole nitrogens is 1. The predicted molar refractivity (Wildman–Crippen MR) is 119 cm³/mol. The van der Waals surface area contributed by atoms with Crippen LogP contribution in [0.1, 0.15) is 15.2 Å². The van der Waals surface area contributed by atoms with E-state index in [4.69, 9.17) is 0 Å². The number of anilines is 1. The highest BCUT2D eigenvalue weighted by Gasteiger charge is 2.19. The van der Waals surface area contributed by atoms with E-state index < -0.39 is 11.6 Å². The van der Waals surface area contributed by atoms with E-state index in [0.717, 1.165) is 29.5 Å². The van der Waals surface area contributed by atoms with E-state index in [0.29, 0.717) is 37.4 Å². The van der Waals surface area contributed by atoms with Gasteiger partial charge in [-0.05, 0) is 48.9 Å². The average Bonchev–Trinajstić information content (AvgIpc) is 3.33. The number of aromatic nitrogens is 4. The molecule has 32 heavy (non-hydrogen) atoms. The fourth-order valence-corrected chi connectivity index (χ4v) is 4.54. The number of fused-ring (bicyclic) bond motifs is 2. The van der Waals surface area contributed by atoms with E-state index in [1.54, 1.807) is 32.2 Å². The Morgan fingerprint density at radius 1 is 1.19 bits per heavy atom. The molecule has 0 unspecified atom stereocenters. The second kappa shape index (κ2) is 7.34. The van der Waals surface area contributed by atoms with Crippen LogP contribution in [-0.2, 0) is 7.05 Å². The fraction of sp³-hybridized carbons (Fsp3) is 0.0909. The van der Waals surface area contributed by atoms with Crippen molar-refractivity contribution in [2.75, 3.05) is 5.32 Å². The van der Waals surface area contributed by atoms with Gasteiger partial charge in [-0.15, -0.1) is 11.3 Å². The van der Waals surface area contributed by atoms with Crippen LogP contribution in [-0.4, -0.2) is 25.4 Å². The molecule has 10 heteroatoms. The van der Waals surface area contributed by atoms with Crippen LogP contribution in [0.15, 0.2) is 47.5 Å². The third kappa shape index (κ3) is 3.25. The lowest BCUT2D eigenvalue weighted by Crippen LogP contribution is -2.17. The van der Waals surface area contributed by atoms with Crippen LogP contribution >= 0.6 is 11.3 Å². The number of hydrogen-bond acceptors (Lipinski definition) is 5. The molecule has 5 aromatic rings. The zero-order chi connectivity index (χ0) is 22.6. The summed E-state index contributed by atoms with van der Waals surface area (Å²) in [6.45, 7) is 1.72. The van der Waals surface area contributed by atoms with E-state index in [9.17, 15) is 18.4 Å². The number of thiophene rings is 1. The van der Waals surface area contributed by atoms with Crippen molar-refractivity contribution in [3.63, 3.8) is 0 Å². The van der Waals surface area contributed by atoms with Gasteiger partial charge in [0.05, 0.1) is 33.2 Å². The lowest BCUT2D eigenvalue weighted by atomic mass is 10.2. The number of aromatic amines is 1. The van der Waals surface area contributed by atoms with Gasteiger partial charge >= 0.3 is 0 Å². The number of amides is 1. The maximum atomic E-state index is 14.1. The van der Waals surface area contributed by atoms with E-state index in [1.807, 2.05) is 0 Å². The average molecular weight is 451 g/mol. The first-order valence-corrected chi connectivity index (χ1v) is 10.3. The second-order valence-electron chi connectivity index (χ2n) is 7.29. The van der Waals surface area contributed by atoms with Gasteiger partial charge in [-0.1, -0.05) is 0 Å². The first kappa shape index (κ1) is 20.0. The topological polar surface area (TPSA) is 92.7 Å². The molecule has 3 aromatic heterocycles. The highest BCUT2D eigenvalue weighted by molar-refractivity contribution is 7.20. The van der Waals surface area contributed by atoms with E-state index in [-0.39, 0.29) is 22.9 Å². The summed E-state index contributed by atoms with van der Waals surface area (Å²) < 4.78 is 29.0. The number of carbonyl (C=O) groups is 1. The summed E-state index contributed by atoms with van der Waals surface area (Å²) >= 11 is 1.15. The Balaban J connectivity index is 1.48. The molecule has 0 fully saturated rings. The minimum absolute atomic E-state index is 0.0155. The monoisotopic (exact) mass is 451 g/mol.